The van der Waals surface area contributed by atoms with E-state index in [0.29, 0.717) is 0 Å². The van der Waals surface area contributed by atoms with Gasteiger partial charge in [0, 0.05) is 41.8 Å². The monoisotopic (exact) mass is 1490 g/mol. The number of primary amides is 1. The van der Waals surface area contributed by atoms with Crippen LogP contribution in [0.4, 0.5) is 4.79 Å². The number of amides is 8. The molecule has 35 nitrogen and oxygen atoms in total. The second-order valence-corrected chi connectivity index (χ2v) is 27.5. The topological polar surface area (TPSA) is 548 Å². The van der Waals surface area contributed by atoms with E-state index in [0.717, 1.165) is 83.8 Å². The number of ether oxygens (including phenoxy) is 7. The zero-order valence-electron chi connectivity index (χ0n) is 55.9. The van der Waals surface area contributed by atoms with Gasteiger partial charge in [-0.25, -0.2) is 9.59 Å². The number of carbonyl (C=O) groups is 9. The minimum atomic E-state index is -2.39. The Morgan fingerprint density at radius 3 is 1.89 bits per heavy atom. The SMILES string of the molecule is C[C@@H]1O[C@@H](O[C@H]2[C@H](Oc3c4cc5cc3Oc3ccc(cc3Cl)[C@@H](O)[C@@H](NC(=O)CN(C)C(=O)OC(C)(C)C)C(=O)N[C@@H](CC(N)=O)C(=O)N[C@H]5C(=O)N[C@H]3C(=O)N[C@H](C(=O)N[C@H](C(=O)O)c5cc(O)cc(O)c5-c5cc3ccc5O)[C@H](O)c3ccc(c(Cl)c3)O4)O[C@H](CO)[C@@H](O)[C@@H]2O)C[C@](C)(N)[C@@H]1O. The van der Waals surface area contributed by atoms with Crippen LogP contribution in [-0.2, 0) is 57.3 Å². The molecule has 20 N–H and O–H groups in total. The van der Waals surface area contributed by atoms with Gasteiger partial charge in [0.15, 0.2) is 29.9 Å². The van der Waals surface area contributed by atoms with E-state index in [2.05, 4.69) is 31.9 Å². The minimum absolute atomic E-state index is 0.250. The van der Waals surface area contributed by atoms with Crippen molar-refractivity contribution in [2.45, 2.75) is 156 Å². The van der Waals surface area contributed by atoms with Gasteiger partial charge in [-0.15, -0.1) is 0 Å². The zero-order valence-corrected chi connectivity index (χ0v) is 57.4. The van der Waals surface area contributed by atoms with Crippen LogP contribution in [0.1, 0.15) is 106 Å². The molecule has 7 heterocycles. The number of carboxylic acids is 1. The number of phenols is 3. The van der Waals surface area contributed by atoms with E-state index in [1.54, 1.807) is 20.8 Å². The van der Waals surface area contributed by atoms with Gasteiger partial charge in [-0.1, -0.05) is 41.4 Å². The third-order valence-corrected chi connectivity index (χ3v) is 18.1. The van der Waals surface area contributed by atoms with E-state index in [1.165, 1.54) is 20.9 Å². The first-order chi connectivity index (χ1) is 48.8. The fraction of sp³-hybridized carbons (Fsp3) is 0.418. The number of aliphatic hydroxyl groups is 6. The maximum atomic E-state index is 16.0. The number of rotatable bonds is 11. The van der Waals surface area contributed by atoms with E-state index in [4.69, 9.17) is 67.8 Å². The van der Waals surface area contributed by atoms with E-state index in [-0.39, 0.29) is 23.1 Å². The minimum Gasteiger partial charge on any atom is -0.508 e. The lowest BCUT2D eigenvalue weighted by atomic mass is 9.86. The predicted octanol–water partition coefficient (Wildman–Crippen LogP) is 0.339. The van der Waals surface area contributed by atoms with E-state index in [1.807, 2.05) is 0 Å². The molecule has 37 heteroatoms. The maximum absolute atomic E-state index is 16.0. The zero-order chi connectivity index (χ0) is 76.0. The molecule has 2 fully saturated rings. The lowest BCUT2D eigenvalue weighted by Crippen LogP contribution is -2.64. The Morgan fingerprint density at radius 2 is 1.31 bits per heavy atom. The van der Waals surface area contributed by atoms with Crippen molar-refractivity contribution in [3.05, 3.63) is 117 Å². The fourth-order valence-corrected chi connectivity index (χ4v) is 12.7. The van der Waals surface area contributed by atoms with Gasteiger partial charge in [-0.05, 0) is 111 Å². The summed E-state index contributed by atoms with van der Waals surface area (Å²) >= 11 is 14.1. The van der Waals surface area contributed by atoms with Crippen molar-refractivity contribution in [3.63, 3.8) is 0 Å². The molecule has 558 valence electrons. The molecule has 5 aromatic rings. The molecule has 8 amide bonds. The summed E-state index contributed by atoms with van der Waals surface area (Å²) in [6.45, 7) is 5.83. The van der Waals surface area contributed by atoms with Crippen molar-refractivity contribution >= 4 is 76.6 Å². The van der Waals surface area contributed by atoms with Gasteiger partial charge < -0.3 is 132 Å². The summed E-state index contributed by atoms with van der Waals surface area (Å²) in [5, 5.41) is 127. The quantitative estimate of drug-likeness (QED) is 0.0848. The number of fused-ring (bicyclic) bond motifs is 15. The summed E-state index contributed by atoms with van der Waals surface area (Å²) in [7, 11) is 1.18. The number of nitrogens with one attached hydrogen (secondary N) is 6. The Hall–Kier alpha value is -9.89. The summed E-state index contributed by atoms with van der Waals surface area (Å²) in [6.07, 6.45) is -20.1. The molecule has 0 saturated carbocycles. The lowest BCUT2D eigenvalue weighted by Gasteiger charge is -2.47. The number of likely N-dealkylation sites (N-methyl/N-ethyl adjacent to an activating group) is 1. The molecular formula is C67H75Cl2N9O26. The summed E-state index contributed by atoms with van der Waals surface area (Å²) in [5.74, 6) is -16.7. The number of carbonyl (C=O) groups excluding carboxylic acids is 8. The van der Waals surface area contributed by atoms with E-state index >= 15 is 14.4 Å². The van der Waals surface area contributed by atoms with Crippen molar-refractivity contribution in [2.75, 3.05) is 20.2 Å². The first-order valence-corrected chi connectivity index (χ1v) is 32.8. The number of hydrogen-bond donors (Lipinski definition) is 18. The van der Waals surface area contributed by atoms with Crippen LogP contribution >= 0.6 is 23.2 Å². The van der Waals surface area contributed by atoms with Gasteiger partial charge in [0.05, 0.1) is 35.3 Å². The van der Waals surface area contributed by atoms with Crippen LogP contribution in [0.3, 0.4) is 0 Å². The number of halogens is 2. The Morgan fingerprint density at radius 1 is 0.712 bits per heavy atom. The first-order valence-electron chi connectivity index (χ1n) is 32.0. The highest BCUT2D eigenvalue weighted by molar-refractivity contribution is 6.32. The van der Waals surface area contributed by atoms with Crippen LogP contribution in [-0.4, -0.2) is 208 Å². The van der Waals surface area contributed by atoms with Crippen molar-refractivity contribution in [2.24, 2.45) is 11.5 Å². The number of aliphatic carboxylic acids is 1. The third kappa shape index (κ3) is 16.5. The van der Waals surface area contributed by atoms with Crippen molar-refractivity contribution in [3.8, 4) is 57.1 Å². The molecule has 11 bridgehead atoms. The summed E-state index contributed by atoms with van der Waals surface area (Å²) in [4.78, 5) is 131. The predicted molar refractivity (Wildman–Crippen MR) is 356 cm³/mol. The Bertz CT molecular complexity index is 4240. The first kappa shape index (κ1) is 76.7. The van der Waals surface area contributed by atoms with Gasteiger partial charge in [-0.2, -0.15) is 0 Å². The molecule has 7 aliphatic heterocycles. The molecule has 2 saturated heterocycles. The highest BCUT2D eigenvalue weighted by Gasteiger charge is 2.52. The van der Waals surface area contributed by atoms with Crippen LogP contribution in [0.2, 0.25) is 10.0 Å². The van der Waals surface area contributed by atoms with Crippen LogP contribution in [0, 0.1) is 0 Å². The Labute approximate surface area is 600 Å². The van der Waals surface area contributed by atoms with Gasteiger partial charge in [-0.3, -0.25) is 33.6 Å². The molecule has 0 aliphatic carbocycles. The van der Waals surface area contributed by atoms with Crippen molar-refractivity contribution in [1.82, 2.24) is 36.8 Å². The lowest BCUT2D eigenvalue weighted by molar-refractivity contribution is -0.333. The third-order valence-electron chi connectivity index (χ3n) is 17.5. The van der Waals surface area contributed by atoms with E-state index in [9.17, 15) is 79.8 Å². The number of aliphatic hydroxyl groups excluding tert-OH is 6. The number of benzene rings is 5. The molecule has 104 heavy (non-hydrogen) atoms. The molecule has 0 unspecified atom stereocenters. The number of nitrogens with zero attached hydrogens (tertiary/aromatic N) is 1. The van der Waals surface area contributed by atoms with Crippen LogP contribution in [0.5, 0.6) is 46.0 Å². The van der Waals surface area contributed by atoms with Crippen LogP contribution in [0.25, 0.3) is 11.1 Å². The van der Waals surface area contributed by atoms with Crippen LogP contribution < -0.4 is 57.6 Å². The summed E-state index contributed by atoms with van der Waals surface area (Å²) < 4.78 is 43.6. The molecule has 0 aromatic heterocycles. The Kier molecular flexibility index (Phi) is 22.5. The summed E-state index contributed by atoms with van der Waals surface area (Å²) in [6, 6.07) is -0.415. The van der Waals surface area contributed by atoms with E-state index < -0.39 is 260 Å². The van der Waals surface area contributed by atoms with Crippen LogP contribution in [0.15, 0.2) is 78.9 Å². The maximum Gasteiger partial charge on any atom is 0.410 e. The van der Waals surface area contributed by atoms with Gasteiger partial charge in [0.1, 0.15) is 102 Å². The van der Waals surface area contributed by atoms with Gasteiger partial charge >= 0.3 is 12.1 Å². The second-order valence-electron chi connectivity index (χ2n) is 26.6. The smallest absolute Gasteiger partial charge is 0.410 e. The number of nitrogens with two attached hydrogens (primary N) is 2. The molecule has 0 spiro atoms. The number of phenolic OH excluding ortho intramolecular Hbond substituents is 3. The standard InChI is InChI=1S/C67H75Cl2N9O26/c1-24-57(89)67(5,71)21-44(98-24)102-56-54(88)53(87)41(23-79)101-64(56)103-55-39-16-28-17-40(55)100-38-12-9-27(15-33(38)69)52(86)50-62(94)76-48(63(95)96)31-18-29(80)19-36(82)45(31)30-13-25(7-10-35(30)81)46(59(91)77-50)75-60(92)47(28)74-58(90)34(20-42(70)83)72-61(93)49(51(85)26-8-11-37(99-39)32(68)14-26)73-43(84)22-78(6)65(97)104-66(2,3)4/h7-19,24,34,41,44,46-54,56-57,64,79-82,85-89H,20-23,71H2,1-6H3,(H2,70,83)(H,72,93)(H,73,84)(H,74,90)(H,75,92)(H,76,94)(H,77,91)(H,95,96)/t24-,34-,41+,44-,46+,47+,48-,49+,50-,51+,52+,53+,54-,56+,57+,64-,67-/m0/s1. The molecule has 0 radical (unpaired) electrons. The summed E-state index contributed by atoms with van der Waals surface area (Å²) in [5.41, 5.74) is 6.71. The molecule has 17 atom stereocenters. The fourth-order valence-electron chi connectivity index (χ4n) is 12.3. The normalized spacial score (nSPS) is 28.6. The highest BCUT2D eigenvalue weighted by atomic mass is 35.5. The Balaban J connectivity index is 1.22. The van der Waals surface area contributed by atoms with Gasteiger partial charge in [0.25, 0.3) is 0 Å². The molecule has 7 aliphatic rings. The molecular weight excluding hydrogens is 1420 g/mol. The second kappa shape index (κ2) is 30.4. The average molecular weight is 1490 g/mol. The van der Waals surface area contributed by atoms with Gasteiger partial charge in [0.2, 0.25) is 53.4 Å². The van der Waals surface area contributed by atoms with Crippen molar-refractivity contribution in [1.29, 1.82) is 0 Å². The van der Waals surface area contributed by atoms with Crippen molar-refractivity contribution < 1.29 is 127 Å². The molecule has 12 rings (SSSR count). The molecule has 5 aromatic carbocycles. The largest absolute Gasteiger partial charge is 0.508 e. The number of carboxylic acid groups (broad SMARTS) is 1. The average Bonchev–Trinajstić information content (AvgIpc) is 0.766. The number of aromatic hydroxyl groups is 3. The highest BCUT2D eigenvalue weighted by Crippen LogP contribution is 2.50. The number of hydrogen-bond acceptors (Lipinski definition) is 26.